The monoisotopic (exact) mass is 282 g/mol. The Morgan fingerprint density at radius 1 is 1.10 bits per heavy atom. The minimum atomic E-state index is 0.456. The Bertz CT molecular complexity index is 756. The topological polar surface area (TPSA) is 100 Å². The molecule has 0 amide bonds. The lowest BCUT2D eigenvalue weighted by Gasteiger charge is -2.06. The average Bonchev–Trinajstić information content (AvgIpc) is 3.12. The van der Waals surface area contributed by atoms with Gasteiger partial charge in [-0.1, -0.05) is 23.4 Å². The number of anilines is 1. The summed E-state index contributed by atoms with van der Waals surface area (Å²) in [6.07, 6.45) is 2.28. The van der Waals surface area contributed by atoms with Crippen LogP contribution in [0.15, 0.2) is 30.3 Å². The van der Waals surface area contributed by atoms with Gasteiger partial charge in [-0.15, -0.1) is 10.2 Å². The first-order chi connectivity index (χ1) is 10.3. The third kappa shape index (κ3) is 2.14. The first-order valence-electron chi connectivity index (χ1n) is 6.84. The van der Waals surface area contributed by atoms with Gasteiger partial charge in [0.25, 0.3) is 0 Å². The molecule has 1 aliphatic carbocycles. The van der Waals surface area contributed by atoms with Gasteiger partial charge in [-0.3, -0.25) is 0 Å². The lowest BCUT2D eigenvalue weighted by Crippen LogP contribution is -2.12. The summed E-state index contributed by atoms with van der Waals surface area (Å²) in [6.45, 7) is 0.456. The highest BCUT2D eigenvalue weighted by molar-refractivity contribution is 5.38. The lowest BCUT2D eigenvalue weighted by atomic mass is 10.3. The number of rotatable bonds is 4. The second-order valence-electron chi connectivity index (χ2n) is 5.13. The molecule has 3 aromatic rings. The van der Waals surface area contributed by atoms with Crippen molar-refractivity contribution in [3.63, 3.8) is 0 Å². The van der Waals surface area contributed by atoms with Gasteiger partial charge in [-0.05, 0) is 35.4 Å². The normalized spacial score (nSPS) is 14.5. The van der Waals surface area contributed by atoms with Crippen molar-refractivity contribution in [1.29, 1.82) is 0 Å². The maximum atomic E-state index is 5.91. The Morgan fingerprint density at radius 3 is 2.67 bits per heavy atom. The molecule has 0 unspecified atom stereocenters. The fraction of sp³-hybridized carbons (Fsp3) is 0.308. The molecule has 0 saturated heterocycles. The van der Waals surface area contributed by atoms with Crippen LogP contribution in [-0.4, -0.2) is 35.2 Å². The van der Waals surface area contributed by atoms with Crippen molar-refractivity contribution >= 4 is 5.82 Å². The van der Waals surface area contributed by atoms with Gasteiger partial charge in [0.15, 0.2) is 11.6 Å². The van der Waals surface area contributed by atoms with E-state index in [9.17, 15) is 0 Å². The molecule has 8 nitrogen and oxygen atoms in total. The van der Waals surface area contributed by atoms with Crippen LogP contribution >= 0.6 is 0 Å². The number of aromatic nitrogens is 7. The molecule has 0 aliphatic heterocycles. The van der Waals surface area contributed by atoms with Crippen molar-refractivity contribution in [2.75, 3.05) is 5.73 Å². The minimum absolute atomic E-state index is 0.456. The SMILES string of the molecule is Nc1nnn(Cc2nnnn2-c2ccccc2)c1C1CC1. The number of nitrogen functional groups attached to an aromatic ring is 1. The standard InChI is InChI=1S/C13H14N8/c14-13-12(9-6-7-9)20(18-16-13)8-11-15-17-19-21(11)10-4-2-1-3-5-10/h1-5,9H,6-8,14H2. The van der Waals surface area contributed by atoms with Crippen LogP contribution in [0.1, 0.15) is 30.3 Å². The van der Waals surface area contributed by atoms with E-state index in [0.29, 0.717) is 24.1 Å². The Hall–Kier alpha value is -2.77. The quantitative estimate of drug-likeness (QED) is 0.758. The number of nitrogens with two attached hydrogens (primary N) is 1. The zero-order valence-electron chi connectivity index (χ0n) is 11.3. The molecular weight excluding hydrogens is 268 g/mol. The van der Waals surface area contributed by atoms with Crippen LogP contribution in [0.3, 0.4) is 0 Å². The first-order valence-corrected chi connectivity index (χ1v) is 6.84. The summed E-state index contributed by atoms with van der Waals surface area (Å²) >= 11 is 0. The van der Waals surface area contributed by atoms with Crippen LogP contribution in [0.5, 0.6) is 0 Å². The molecule has 1 aliphatic rings. The molecule has 2 heterocycles. The summed E-state index contributed by atoms with van der Waals surface area (Å²) in [4.78, 5) is 0. The Labute approximate surface area is 120 Å². The molecule has 0 spiro atoms. The minimum Gasteiger partial charge on any atom is -0.381 e. The van der Waals surface area contributed by atoms with Crippen molar-refractivity contribution in [3.05, 3.63) is 41.9 Å². The summed E-state index contributed by atoms with van der Waals surface area (Å²) < 4.78 is 3.51. The van der Waals surface area contributed by atoms with Gasteiger partial charge in [0.2, 0.25) is 0 Å². The Balaban J connectivity index is 1.69. The number of benzene rings is 1. The van der Waals surface area contributed by atoms with Crippen LogP contribution in [0.2, 0.25) is 0 Å². The second-order valence-corrected chi connectivity index (χ2v) is 5.13. The number of tetrazole rings is 1. The highest BCUT2D eigenvalue weighted by Crippen LogP contribution is 2.42. The van der Waals surface area contributed by atoms with Gasteiger partial charge in [0.1, 0.15) is 6.54 Å². The van der Waals surface area contributed by atoms with E-state index >= 15 is 0 Å². The molecule has 4 rings (SSSR count). The number of hydrogen-bond acceptors (Lipinski definition) is 6. The van der Waals surface area contributed by atoms with Crippen molar-refractivity contribution in [1.82, 2.24) is 35.2 Å². The number of hydrogen-bond donors (Lipinski definition) is 1. The predicted octanol–water partition coefficient (Wildman–Crippen LogP) is 0.762. The fourth-order valence-corrected chi connectivity index (χ4v) is 2.44. The van der Waals surface area contributed by atoms with E-state index in [2.05, 4.69) is 25.8 Å². The van der Waals surface area contributed by atoms with Crippen LogP contribution < -0.4 is 5.73 Å². The van der Waals surface area contributed by atoms with E-state index in [1.807, 2.05) is 30.3 Å². The molecule has 0 radical (unpaired) electrons. The van der Waals surface area contributed by atoms with E-state index in [0.717, 1.165) is 24.2 Å². The van der Waals surface area contributed by atoms with E-state index in [4.69, 9.17) is 5.73 Å². The largest absolute Gasteiger partial charge is 0.381 e. The first kappa shape index (κ1) is 12.0. The smallest absolute Gasteiger partial charge is 0.178 e. The Morgan fingerprint density at radius 2 is 1.90 bits per heavy atom. The van der Waals surface area contributed by atoms with Crippen molar-refractivity contribution in [2.24, 2.45) is 0 Å². The molecule has 0 bridgehead atoms. The molecule has 0 atom stereocenters. The summed E-state index contributed by atoms with van der Waals surface area (Å²) in [6, 6.07) is 9.76. The molecule has 8 heteroatoms. The summed E-state index contributed by atoms with van der Waals surface area (Å²) in [7, 11) is 0. The zero-order chi connectivity index (χ0) is 14.2. The van der Waals surface area contributed by atoms with E-state index < -0.39 is 0 Å². The molecule has 1 aromatic carbocycles. The molecule has 1 saturated carbocycles. The van der Waals surface area contributed by atoms with Crippen LogP contribution in [0, 0.1) is 0 Å². The van der Waals surface area contributed by atoms with Gasteiger partial charge >= 0.3 is 0 Å². The predicted molar refractivity (Wildman–Crippen MR) is 74.7 cm³/mol. The molecule has 21 heavy (non-hydrogen) atoms. The van der Waals surface area contributed by atoms with Crippen LogP contribution in [0.4, 0.5) is 5.82 Å². The maximum Gasteiger partial charge on any atom is 0.178 e. The van der Waals surface area contributed by atoms with Crippen molar-refractivity contribution in [3.8, 4) is 5.69 Å². The van der Waals surface area contributed by atoms with Gasteiger partial charge in [-0.2, -0.15) is 4.68 Å². The number of nitrogens with zero attached hydrogens (tertiary/aromatic N) is 7. The second kappa shape index (κ2) is 4.65. The van der Waals surface area contributed by atoms with E-state index in [-0.39, 0.29) is 0 Å². The van der Waals surface area contributed by atoms with Gasteiger partial charge in [-0.25, -0.2) is 4.68 Å². The molecule has 2 aromatic heterocycles. The third-order valence-corrected chi connectivity index (χ3v) is 3.59. The highest BCUT2D eigenvalue weighted by atomic mass is 15.6. The summed E-state index contributed by atoms with van der Waals surface area (Å²) in [5, 5.41) is 20.0. The van der Waals surface area contributed by atoms with Gasteiger partial charge in [0.05, 0.1) is 11.4 Å². The Kier molecular flexibility index (Phi) is 2.66. The molecular formula is C13H14N8. The van der Waals surface area contributed by atoms with Crippen molar-refractivity contribution < 1.29 is 0 Å². The lowest BCUT2D eigenvalue weighted by molar-refractivity contribution is 0.586. The molecule has 1 fully saturated rings. The molecule has 106 valence electrons. The highest BCUT2D eigenvalue weighted by Gasteiger charge is 2.31. The summed E-state index contributed by atoms with van der Waals surface area (Å²) in [5.41, 5.74) is 7.82. The molecule has 2 N–H and O–H groups in total. The van der Waals surface area contributed by atoms with Gasteiger partial charge in [0, 0.05) is 5.92 Å². The maximum absolute atomic E-state index is 5.91. The van der Waals surface area contributed by atoms with Crippen LogP contribution in [0.25, 0.3) is 5.69 Å². The third-order valence-electron chi connectivity index (χ3n) is 3.59. The van der Waals surface area contributed by atoms with Crippen molar-refractivity contribution in [2.45, 2.75) is 25.3 Å². The van der Waals surface area contributed by atoms with E-state index in [1.165, 1.54) is 0 Å². The van der Waals surface area contributed by atoms with E-state index in [1.54, 1.807) is 9.36 Å². The summed E-state index contributed by atoms with van der Waals surface area (Å²) in [5.74, 6) is 1.69. The van der Waals surface area contributed by atoms with Gasteiger partial charge < -0.3 is 5.73 Å². The number of para-hydroxylation sites is 1. The fourth-order valence-electron chi connectivity index (χ4n) is 2.44. The zero-order valence-corrected chi connectivity index (χ0v) is 11.3. The average molecular weight is 282 g/mol. The van der Waals surface area contributed by atoms with Crippen LogP contribution in [-0.2, 0) is 6.54 Å².